The van der Waals surface area contributed by atoms with Crippen LogP contribution in [0.25, 0.3) is 0 Å². The zero-order chi connectivity index (χ0) is 17.2. The Morgan fingerprint density at radius 1 is 1.12 bits per heavy atom. The van der Waals surface area contributed by atoms with Crippen LogP contribution in [0.15, 0.2) is 29.3 Å². The summed E-state index contributed by atoms with van der Waals surface area (Å²) < 4.78 is 5.13. The number of halogens is 1. The van der Waals surface area contributed by atoms with E-state index in [2.05, 4.69) is 27.0 Å². The molecule has 2 rings (SSSR count). The average Bonchev–Trinajstić information content (AvgIpc) is 2.62. The maximum atomic E-state index is 5.92. The van der Waals surface area contributed by atoms with Crippen molar-refractivity contribution in [2.45, 2.75) is 19.8 Å². The minimum Gasteiger partial charge on any atom is -0.497 e. The molecule has 7 heteroatoms. The molecule has 0 saturated carbocycles. The molecule has 0 atom stereocenters. The van der Waals surface area contributed by atoms with Crippen molar-refractivity contribution in [3.63, 3.8) is 0 Å². The Balaban J connectivity index is 0.00000312. The van der Waals surface area contributed by atoms with Gasteiger partial charge >= 0.3 is 0 Å². The van der Waals surface area contributed by atoms with E-state index in [1.165, 1.54) is 45.7 Å². The fourth-order valence-corrected chi connectivity index (χ4v) is 2.84. The van der Waals surface area contributed by atoms with Gasteiger partial charge in [0.15, 0.2) is 5.96 Å². The summed E-state index contributed by atoms with van der Waals surface area (Å²) in [6.07, 6.45) is 2.24. The summed E-state index contributed by atoms with van der Waals surface area (Å²) in [6.45, 7) is 10.1. The predicted octanol–water partition coefficient (Wildman–Crippen LogP) is 2.46. The molecule has 1 aromatic rings. The standard InChI is InChI=1S/C18H31N5O.HI/c1-3-22-12-14-23(15-13-22)11-5-4-10-20-18(19)21-16-6-8-17(24-2)9-7-16;/h6-9H,3-5,10-15H2,1-2H3,(H3,19,20,21);1H. The number of likely N-dealkylation sites (N-methyl/N-ethyl adjacent to an activating group) is 1. The number of aliphatic imine (C=N–C) groups is 1. The molecule has 1 aromatic carbocycles. The van der Waals surface area contributed by atoms with Crippen LogP contribution in [-0.4, -0.2) is 68.7 Å². The van der Waals surface area contributed by atoms with E-state index in [-0.39, 0.29) is 24.0 Å². The fourth-order valence-electron chi connectivity index (χ4n) is 2.84. The number of nitrogens with two attached hydrogens (primary N) is 1. The predicted molar refractivity (Wildman–Crippen MR) is 116 cm³/mol. The summed E-state index contributed by atoms with van der Waals surface area (Å²) in [7, 11) is 1.65. The van der Waals surface area contributed by atoms with Gasteiger partial charge in [-0.2, -0.15) is 0 Å². The van der Waals surface area contributed by atoms with Gasteiger partial charge in [0.05, 0.1) is 7.11 Å². The van der Waals surface area contributed by atoms with E-state index >= 15 is 0 Å². The lowest BCUT2D eigenvalue weighted by Crippen LogP contribution is -2.46. The largest absolute Gasteiger partial charge is 0.497 e. The van der Waals surface area contributed by atoms with Crippen LogP contribution in [0.5, 0.6) is 5.75 Å². The molecule has 3 N–H and O–H groups in total. The Morgan fingerprint density at radius 2 is 1.76 bits per heavy atom. The number of anilines is 1. The number of nitrogens with zero attached hydrogens (tertiary/aromatic N) is 3. The second kappa shape index (κ2) is 12.3. The zero-order valence-corrected chi connectivity index (χ0v) is 17.7. The molecule has 0 unspecified atom stereocenters. The average molecular weight is 461 g/mol. The van der Waals surface area contributed by atoms with Crippen molar-refractivity contribution in [3.8, 4) is 5.75 Å². The van der Waals surface area contributed by atoms with Crippen LogP contribution in [0.4, 0.5) is 5.69 Å². The Kier molecular flexibility index (Phi) is 10.8. The van der Waals surface area contributed by atoms with Crippen LogP contribution in [0.2, 0.25) is 0 Å². The number of rotatable bonds is 8. The van der Waals surface area contributed by atoms with Crippen LogP contribution in [0.3, 0.4) is 0 Å². The third-order valence-corrected chi connectivity index (χ3v) is 4.44. The summed E-state index contributed by atoms with van der Waals surface area (Å²) >= 11 is 0. The van der Waals surface area contributed by atoms with Crippen molar-refractivity contribution in [1.29, 1.82) is 0 Å². The minimum absolute atomic E-state index is 0. The summed E-state index contributed by atoms with van der Waals surface area (Å²) in [5, 5.41) is 3.10. The lowest BCUT2D eigenvalue weighted by Gasteiger charge is -2.33. The van der Waals surface area contributed by atoms with Gasteiger partial charge in [0, 0.05) is 38.4 Å². The van der Waals surface area contributed by atoms with Gasteiger partial charge in [0.25, 0.3) is 0 Å². The van der Waals surface area contributed by atoms with E-state index in [0.717, 1.165) is 24.4 Å². The maximum absolute atomic E-state index is 5.92. The molecule has 25 heavy (non-hydrogen) atoms. The van der Waals surface area contributed by atoms with Crippen LogP contribution < -0.4 is 15.8 Å². The Labute approximate surface area is 168 Å². The summed E-state index contributed by atoms with van der Waals surface area (Å²) in [4.78, 5) is 9.45. The first-order valence-corrected chi connectivity index (χ1v) is 8.87. The molecular formula is C18H32IN5O. The molecule has 1 aliphatic heterocycles. The van der Waals surface area contributed by atoms with Gasteiger partial charge in [-0.3, -0.25) is 4.99 Å². The maximum Gasteiger partial charge on any atom is 0.193 e. The van der Waals surface area contributed by atoms with Crippen molar-refractivity contribution in [2.24, 2.45) is 10.7 Å². The molecule has 1 fully saturated rings. The molecule has 1 aliphatic rings. The SMILES string of the molecule is CCN1CCN(CCCCN=C(N)Nc2ccc(OC)cc2)CC1.I. The van der Waals surface area contributed by atoms with Crippen LogP contribution >= 0.6 is 24.0 Å². The number of guanidine groups is 1. The number of nitrogens with one attached hydrogen (secondary N) is 1. The van der Waals surface area contributed by atoms with Gasteiger partial charge in [-0.1, -0.05) is 6.92 Å². The monoisotopic (exact) mass is 461 g/mol. The van der Waals surface area contributed by atoms with E-state index < -0.39 is 0 Å². The Bertz CT molecular complexity index is 501. The summed E-state index contributed by atoms with van der Waals surface area (Å²) in [6, 6.07) is 7.65. The molecular weight excluding hydrogens is 429 g/mol. The molecule has 0 radical (unpaired) electrons. The number of methoxy groups -OCH3 is 1. The molecule has 1 heterocycles. The van der Waals surface area contributed by atoms with Crippen molar-refractivity contribution in [3.05, 3.63) is 24.3 Å². The van der Waals surface area contributed by atoms with Crippen molar-refractivity contribution in [2.75, 3.05) is 58.2 Å². The summed E-state index contributed by atoms with van der Waals surface area (Å²) in [5.74, 6) is 1.30. The Hall–Kier alpha value is -1.06. The number of hydrogen-bond acceptors (Lipinski definition) is 4. The topological polar surface area (TPSA) is 66.1 Å². The Morgan fingerprint density at radius 3 is 2.36 bits per heavy atom. The molecule has 0 aliphatic carbocycles. The molecule has 0 bridgehead atoms. The first-order valence-electron chi connectivity index (χ1n) is 8.87. The normalized spacial score (nSPS) is 16.3. The van der Waals surface area contributed by atoms with E-state index in [1.807, 2.05) is 24.3 Å². The number of unbranched alkanes of at least 4 members (excludes halogenated alkanes) is 1. The second-order valence-corrected chi connectivity index (χ2v) is 6.10. The van der Waals surface area contributed by atoms with Gasteiger partial charge in [-0.25, -0.2) is 0 Å². The van der Waals surface area contributed by atoms with Crippen molar-refractivity contribution >= 4 is 35.6 Å². The lowest BCUT2D eigenvalue weighted by atomic mass is 10.2. The number of piperazine rings is 1. The first-order chi connectivity index (χ1) is 11.7. The zero-order valence-electron chi connectivity index (χ0n) is 15.4. The molecule has 0 aromatic heterocycles. The fraction of sp³-hybridized carbons (Fsp3) is 0.611. The van der Waals surface area contributed by atoms with Gasteiger partial charge in [0.2, 0.25) is 0 Å². The van der Waals surface area contributed by atoms with Crippen molar-refractivity contribution < 1.29 is 4.74 Å². The number of benzene rings is 1. The van der Waals surface area contributed by atoms with E-state index in [4.69, 9.17) is 10.5 Å². The smallest absolute Gasteiger partial charge is 0.193 e. The van der Waals surface area contributed by atoms with Gasteiger partial charge in [-0.05, 0) is 50.2 Å². The third kappa shape index (κ3) is 8.24. The highest BCUT2D eigenvalue weighted by molar-refractivity contribution is 14.0. The van der Waals surface area contributed by atoms with Crippen LogP contribution in [-0.2, 0) is 0 Å². The van der Waals surface area contributed by atoms with E-state index in [1.54, 1.807) is 7.11 Å². The quantitative estimate of drug-likeness (QED) is 0.270. The van der Waals surface area contributed by atoms with Crippen LogP contribution in [0.1, 0.15) is 19.8 Å². The molecule has 1 saturated heterocycles. The highest BCUT2D eigenvalue weighted by Crippen LogP contribution is 2.14. The highest BCUT2D eigenvalue weighted by Gasteiger charge is 2.14. The molecule has 142 valence electrons. The van der Waals surface area contributed by atoms with E-state index in [9.17, 15) is 0 Å². The van der Waals surface area contributed by atoms with Gasteiger partial charge in [0.1, 0.15) is 5.75 Å². The number of ether oxygens (including phenoxy) is 1. The lowest BCUT2D eigenvalue weighted by molar-refractivity contribution is 0.136. The third-order valence-electron chi connectivity index (χ3n) is 4.44. The minimum atomic E-state index is 0. The molecule has 0 spiro atoms. The first kappa shape index (κ1) is 22.0. The number of hydrogen-bond donors (Lipinski definition) is 2. The van der Waals surface area contributed by atoms with Gasteiger partial charge in [-0.15, -0.1) is 24.0 Å². The highest BCUT2D eigenvalue weighted by atomic mass is 127. The molecule has 6 nitrogen and oxygen atoms in total. The molecule has 0 amide bonds. The van der Waals surface area contributed by atoms with Gasteiger partial charge < -0.3 is 25.6 Å². The van der Waals surface area contributed by atoms with E-state index in [0.29, 0.717) is 5.96 Å². The second-order valence-electron chi connectivity index (χ2n) is 6.10. The van der Waals surface area contributed by atoms with Crippen molar-refractivity contribution in [1.82, 2.24) is 9.80 Å². The van der Waals surface area contributed by atoms with Crippen LogP contribution in [0, 0.1) is 0 Å². The summed E-state index contributed by atoms with van der Waals surface area (Å²) in [5.41, 5.74) is 6.85.